The van der Waals surface area contributed by atoms with Gasteiger partial charge in [0.15, 0.2) is 0 Å². The van der Waals surface area contributed by atoms with Crippen LogP contribution in [0.25, 0.3) is 11.0 Å². The quantitative estimate of drug-likeness (QED) is 0.814. The van der Waals surface area contributed by atoms with Gasteiger partial charge in [-0.2, -0.15) is 0 Å². The van der Waals surface area contributed by atoms with Crippen molar-refractivity contribution in [2.45, 2.75) is 18.9 Å². The van der Waals surface area contributed by atoms with E-state index < -0.39 is 0 Å². The van der Waals surface area contributed by atoms with Crippen LogP contribution in [0.3, 0.4) is 0 Å². The number of nitrogens with one attached hydrogen (secondary N) is 3. The minimum absolute atomic E-state index is 0.187. The normalized spacial score (nSPS) is 19.5. The van der Waals surface area contributed by atoms with Crippen molar-refractivity contribution in [3.05, 3.63) is 27.1 Å². The molecule has 5 nitrogen and oxygen atoms in total. The number of H-pyrrole nitrogens is 2. The fourth-order valence-electron chi connectivity index (χ4n) is 2.22. The van der Waals surface area contributed by atoms with Crippen LogP contribution in [0.4, 0.5) is 5.69 Å². The number of halogens is 1. The number of aromatic nitrogens is 2. The summed E-state index contributed by atoms with van der Waals surface area (Å²) in [6.45, 7) is 1.65. The molecule has 1 aliphatic rings. The molecule has 0 bridgehead atoms. The van der Waals surface area contributed by atoms with Crippen molar-refractivity contribution in [1.82, 2.24) is 9.97 Å². The second-order valence-corrected chi connectivity index (χ2v) is 5.33. The molecule has 0 radical (unpaired) electrons. The Morgan fingerprint density at radius 1 is 1.39 bits per heavy atom. The summed E-state index contributed by atoms with van der Waals surface area (Å²) in [5.41, 5.74) is 2.38. The molecule has 0 spiro atoms. The summed E-state index contributed by atoms with van der Waals surface area (Å²) in [7, 11) is 0. The lowest BCUT2D eigenvalue weighted by atomic mass is 10.2. The van der Waals surface area contributed by atoms with E-state index in [2.05, 4.69) is 31.2 Å². The van der Waals surface area contributed by atoms with E-state index in [1.54, 1.807) is 0 Å². The molecule has 1 aliphatic heterocycles. The van der Waals surface area contributed by atoms with Gasteiger partial charge in [-0.05, 0) is 40.9 Å². The average Bonchev–Trinajstić information content (AvgIpc) is 2.94. The second kappa shape index (κ2) is 4.78. The van der Waals surface area contributed by atoms with E-state index in [9.17, 15) is 4.79 Å². The van der Waals surface area contributed by atoms with E-state index in [-0.39, 0.29) is 11.8 Å². The number of hydrogen-bond donors (Lipinski definition) is 3. The molecule has 96 valence electrons. The number of benzene rings is 1. The molecule has 1 aromatic carbocycles. The highest BCUT2D eigenvalue weighted by atomic mass is 79.9. The van der Waals surface area contributed by atoms with Crippen molar-refractivity contribution in [3.8, 4) is 0 Å². The molecule has 1 saturated heterocycles. The monoisotopic (exact) mass is 311 g/mol. The first-order valence-electron chi connectivity index (χ1n) is 5.99. The Bertz CT molecular complexity index is 613. The molecule has 3 N–H and O–H groups in total. The van der Waals surface area contributed by atoms with Gasteiger partial charge in [-0.15, -0.1) is 0 Å². The predicted octanol–water partition coefficient (Wildman–Crippen LogP) is 2.21. The molecule has 1 aromatic heterocycles. The Hall–Kier alpha value is -1.27. The molecule has 0 saturated carbocycles. The standard InChI is InChI=1S/C12H14BrN3O2/c13-8-4-10-11(16-12(17)15-10)5-9(8)14-6-7-2-1-3-18-7/h4-5,7,14H,1-3,6H2,(H2,15,16,17). The molecule has 18 heavy (non-hydrogen) atoms. The Morgan fingerprint density at radius 2 is 2.17 bits per heavy atom. The average molecular weight is 312 g/mol. The van der Waals surface area contributed by atoms with E-state index in [0.717, 1.165) is 47.2 Å². The van der Waals surface area contributed by atoms with Crippen LogP contribution in [0, 0.1) is 0 Å². The zero-order chi connectivity index (χ0) is 12.5. The molecular weight excluding hydrogens is 298 g/mol. The molecule has 0 amide bonds. The van der Waals surface area contributed by atoms with Crippen molar-refractivity contribution in [2.75, 3.05) is 18.5 Å². The van der Waals surface area contributed by atoms with Crippen LogP contribution in [0.5, 0.6) is 0 Å². The first-order valence-corrected chi connectivity index (χ1v) is 6.79. The maximum absolute atomic E-state index is 11.2. The van der Waals surface area contributed by atoms with Crippen LogP contribution >= 0.6 is 15.9 Å². The lowest BCUT2D eigenvalue weighted by molar-refractivity contribution is 0.120. The molecule has 6 heteroatoms. The van der Waals surface area contributed by atoms with Gasteiger partial charge >= 0.3 is 5.69 Å². The summed E-state index contributed by atoms with van der Waals surface area (Å²) < 4.78 is 6.50. The van der Waals surface area contributed by atoms with Crippen LogP contribution in [0.2, 0.25) is 0 Å². The molecule has 1 fully saturated rings. The van der Waals surface area contributed by atoms with Crippen LogP contribution in [-0.4, -0.2) is 29.2 Å². The van der Waals surface area contributed by atoms with E-state index in [0.29, 0.717) is 0 Å². The number of ether oxygens (including phenoxy) is 1. The zero-order valence-corrected chi connectivity index (χ0v) is 11.3. The molecule has 1 unspecified atom stereocenters. The number of anilines is 1. The molecular formula is C12H14BrN3O2. The number of hydrogen-bond acceptors (Lipinski definition) is 3. The highest BCUT2D eigenvalue weighted by Crippen LogP contribution is 2.26. The van der Waals surface area contributed by atoms with E-state index in [1.807, 2.05) is 12.1 Å². The smallest absolute Gasteiger partial charge is 0.323 e. The lowest BCUT2D eigenvalue weighted by Crippen LogP contribution is -2.18. The first kappa shape index (κ1) is 11.8. The summed E-state index contributed by atoms with van der Waals surface area (Å²) in [6.07, 6.45) is 2.53. The largest absolute Gasteiger partial charge is 0.381 e. The molecule has 2 heterocycles. The van der Waals surface area contributed by atoms with E-state index >= 15 is 0 Å². The first-order chi connectivity index (χ1) is 8.72. The highest BCUT2D eigenvalue weighted by molar-refractivity contribution is 9.10. The van der Waals surface area contributed by atoms with Crippen LogP contribution in [0.1, 0.15) is 12.8 Å². The van der Waals surface area contributed by atoms with Gasteiger partial charge in [0, 0.05) is 17.6 Å². The summed E-state index contributed by atoms with van der Waals surface area (Å²) >= 11 is 3.50. The predicted molar refractivity (Wildman–Crippen MR) is 74.1 cm³/mol. The van der Waals surface area contributed by atoms with Crippen molar-refractivity contribution >= 4 is 32.7 Å². The van der Waals surface area contributed by atoms with Gasteiger partial charge in [0.2, 0.25) is 0 Å². The van der Waals surface area contributed by atoms with Crippen molar-refractivity contribution in [3.63, 3.8) is 0 Å². The fourth-order valence-corrected chi connectivity index (χ4v) is 2.70. The van der Waals surface area contributed by atoms with Gasteiger partial charge in [-0.25, -0.2) is 4.79 Å². The van der Waals surface area contributed by atoms with Gasteiger partial charge in [0.25, 0.3) is 0 Å². The van der Waals surface area contributed by atoms with Crippen molar-refractivity contribution in [1.29, 1.82) is 0 Å². The molecule has 2 aromatic rings. The lowest BCUT2D eigenvalue weighted by Gasteiger charge is -2.13. The number of imidazole rings is 1. The van der Waals surface area contributed by atoms with Gasteiger partial charge in [0.1, 0.15) is 0 Å². The molecule has 3 rings (SSSR count). The number of rotatable bonds is 3. The van der Waals surface area contributed by atoms with Gasteiger partial charge in [-0.1, -0.05) is 0 Å². The zero-order valence-electron chi connectivity index (χ0n) is 9.75. The van der Waals surface area contributed by atoms with Crippen molar-refractivity contribution in [2.24, 2.45) is 0 Å². The maximum atomic E-state index is 11.2. The highest BCUT2D eigenvalue weighted by Gasteiger charge is 2.15. The third-order valence-electron chi connectivity index (χ3n) is 3.15. The summed E-state index contributed by atoms with van der Waals surface area (Å²) in [5.74, 6) is 0. The van der Waals surface area contributed by atoms with Crippen LogP contribution < -0.4 is 11.0 Å². The van der Waals surface area contributed by atoms with Gasteiger partial charge < -0.3 is 20.0 Å². The second-order valence-electron chi connectivity index (χ2n) is 4.47. The Morgan fingerprint density at radius 3 is 2.89 bits per heavy atom. The third kappa shape index (κ3) is 2.30. The van der Waals surface area contributed by atoms with Crippen LogP contribution in [-0.2, 0) is 4.74 Å². The Kier molecular flexibility index (Phi) is 3.13. The Labute approximate surface area is 112 Å². The molecule has 1 atom stereocenters. The number of fused-ring (bicyclic) bond motifs is 1. The Balaban J connectivity index is 1.81. The number of aromatic amines is 2. The SMILES string of the molecule is O=c1[nH]c2cc(Br)c(NCC3CCCO3)cc2[nH]1. The molecule has 0 aliphatic carbocycles. The third-order valence-corrected chi connectivity index (χ3v) is 3.80. The minimum Gasteiger partial charge on any atom is -0.381 e. The minimum atomic E-state index is -0.187. The van der Waals surface area contributed by atoms with Crippen LogP contribution in [0.15, 0.2) is 21.4 Å². The summed E-state index contributed by atoms with van der Waals surface area (Å²) in [6, 6.07) is 3.82. The maximum Gasteiger partial charge on any atom is 0.323 e. The van der Waals surface area contributed by atoms with E-state index in [4.69, 9.17) is 4.74 Å². The van der Waals surface area contributed by atoms with Crippen molar-refractivity contribution < 1.29 is 4.74 Å². The van der Waals surface area contributed by atoms with Gasteiger partial charge in [0.05, 0.1) is 22.8 Å². The summed E-state index contributed by atoms with van der Waals surface area (Å²) in [4.78, 5) is 16.7. The topological polar surface area (TPSA) is 69.9 Å². The summed E-state index contributed by atoms with van der Waals surface area (Å²) in [5, 5.41) is 3.35. The fraction of sp³-hybridized carbons (Fsp3) is 0.417. The van der Waals surface area contributed by atoms with E-state index in [1.165, 1.54) is 0 Å². The van der Waals surface area contributed by atoms with Gasteiger partial charge in [-0.3, -0.25) is 0 Å².